The van der Waals surface area contributed by atoms with Gasteiger partial charge in [0.05, 0.1) is 32.4 Å². The number of aliphatic imine (C=N–C) groups is 2. The van der Waals surface area contributed by atoms with Crippen molar-refractivity contribution in [2.75, 3.05) is 33.5 Å². The fourth-order valence-corrected chi connectivity index (χ4v) is 3.65. The average molecular weight is 483 g/mol. The fourth-order valence-electron chi connectivity index (χ4n) is 3.65. The number of rotatable bonds is 10. The maximum Gasteiger partial charge on any atom is 0.304 e. The Morgan fingerprint density at radius 1 is 0.829 bits per heavy atom. The maximum absolute atomic E-state index is 5.90. The van der Waals surface area contributed by atoms with E-state index < -0.39 is 0 Å². The summed E-state index contributed by atoms with van der Waals surface area (Å²) in [5.41, 5.74) is 7.13. The monoisotopic (exact) mass is 482 g/mol. The Balaban J connectivity index is 1.13. The molecule has 2 heterocycles. The van der Waals surface area contributed by atoms with Gasteiger partial charge in [0.1, 0.15) is 30.5 Å². The Hall–Kier alpha value is -3.62. The third-order valence-corrected chi connectivity index (χ3v) is 5.71. The zero-order valence-corrected chi connectivity index (χ0v) is 20.5. The van der Waals surface area contributed by atoms with Gasteiger partial charge in [-0.3, -0.25) is 0 Å². The first-order valence-electron chi connectivity index (χ1n) is 12.0. The van der Waals surface area contributed by atoms with E-state index >= 15 is 0 Å². The van der Waals surface area contributed by atoms with E-state index in [-0.39, 0.29) is 12.1 Å². The summed E-state index contributed by atoms with van der Waals surface area (Å²) in [4.78, 5) is 9.06. The molecule has 2 atom stereocenters. The Labute approximate surface area is 206 Å². The molecule has 0 amide bonds. The molecule has 2 aliphatic heterocycles. The Morgan fingerprint density at radius 2 is 1.37 bits per heavy atom. The molecule has 2 unspecified atom stereocenters. The van der Waals surface area contributed by atoms with Crippen molar-refractivity contribution in [2.24, 2.45) is 9.98 Å². The number of hydrogen-bond acceptors (Lipinski definition) is 9. The molecule has 0 aromatic heterocycles. The highest BCUT2D eigenvalue weighted by Gasteiger charge is 2.22. The molecule has 0 aliphatic carbocycles. The standard InChI is InChI=1S/C26H34N4O5/c1-18(2)19-6-4-8-23(14-19)32-12-10-20-16-34-25(27-20)29-30-26-28-21(17-35-26)11-13-33-24-9-5-7-22(15-24)31-3/h4-9,14-15,18,20-21H,10-13,16-17H2,1-3H3,(H,27,29)(H,28,30). The highest BCUT2D eigenvalue weighted by Crippen LogP contribution is 2.21. The molecule has 2 aromatic carbocycles. The lowest BCUT2D eigenvalue weighted by Gasteiger charge is -2.10. The molecular formula is C26H34N4O5. The number of nitrogens with zero attached hydrogens (tertiary/aromatic N) is 2. The number of nitrogens with one attached hydrogen (secondary N) is 2. The van der Waals surface area contributed by atoms with Gasteiger partial charge in [-0.1, -0.05) is 32.0 Å². The smallest absolute Gasteiger partial charge is 0.304 e. The lowest BCUT2D eigenvalue weighted by molar-refractivity contribution is 0.254. The Kier molecular flexibility index (Phi) is 8.53. The van der Waals surface area contributed by atoms with Crippen LogP contribution in [0, 0.1) is 0 Å². The largest absolute Gasteiger partial charge is 0.497 e. The molecule has 9 nitrogen and oxygen atoms in total. The van der Waals surface area contributed by atoms with E-state index in [9.17, 15) is 0 Å². The molecule has 0 saturated carbocycles. The second-order valence-corrected chi connectivity index (χ2v) is 8.73. The number of hydrazine groups is 1. The van der Waals surface area contributed by atoms with Crippen LogP contribution in [0.5, 0.6) is 17.2 Å². The van der Waals surface area contributed by atoms with Crippen molar-refractivity contribution < 1.29 is 23.7 Å². The molecule has 0 saturated heterocycles. The SMILES string of the molecule is COc1cccc(OCCC2COC(NNC3=NC(CCOc4cccc(C(C)C)c4)CO3)=N2)c1. The van der Waals surface area contributed by atoms with E-state index in [1.807, 2.05) is 36.4 Å². The van der Waals surface area contributed by atoms with Gasteiger partial charge in [-0.05, 0) is 35.7 Å². The topological polar surface area (TPSA) is 94.9 Å². The van der Waals surface area contributed by atoms with Crippen LogP contribution >= 0.6 is 0 Å². The first-order valence-corrected chi connectivity index (χ1v) is 12.0. The predicted molar refractivity (Wildman–Crippen MR) is 134 cm³/mol. The van der Waals surface area contributed by atoms with E-state index in [0.717, 1.165) is 30.1 Å². The number of amidine groups is 2. The van der Waals surface area contributed by atoms with Crippen molar-refractivity contribution in [2.45, 2.75) is 44.7 Å². The summed E-state index contributed by atoms with van der Waals surface area (Å²) < 4.78 is 28.1. The van der Waals surface area contributed by atoms with Crippen molar-refractivity contribution in [1.82, 2.24) is 10.9 Å². The number of benzene rings is 2. The summed E-state index contributed by atoms with van der Waals surface area (Å²) in [5, 5.41) is 0. The van der Waals surface area contributed by atoms with E-state index in [2.05, 4.69) is 46.8 Å². The second kappa shape index (κ2) is 12.2. The molecule has 2 N–H and O–H groups in total. The first kappa shape index (κ1) is 24.5. The van der Waals surface area contributed by atoms with Gasteiger partial charge in [0.25, 0.3) is 0 Å². The minimum Gasteiger partial charge on any atom is -0.497 e. The number of methoxy groups -OCH3 is 1. The van der Waals surface area contributed by atoms with E-state index in [4.69, 9.17) is 23.7 Å². The van der Waals surface area contributed by atoms with Crippen molar-refractivity contribution in [3.8, 4) is 17.2 Å². The summed E-state index contributed by atoms with van der Waals surface area (Å²) >= 11 is 0. The zero-order valence-electron chi connectivity index (χ0n) is 20.5. The Morgan fingerprint density at radius 3 is 1.94 bits per heavy atom. The third-order valence-electron chi connectivity index (χ3n) is 5.71. The van der Waals surface area contributed by atoms with Crippen LogP contribution < -0.4 is 25.1 Å². The lowest BCUT2D eigenvalue weighted by Crippen LogP contribution is -2.41. The maximum atomic E-state index is 5.90. The van der Waals surface area contributed by atoms with Crippen LogP contribution in [0.3, 0.4) is 0 Å². The van der Waals surface area contributed by atoms with Crippen molar-refractivity contribution in [1.29, 1.82) is 0 Å². The van der Waals surface area contributed by atoms with Gasteiger partial charge in [-0.15, -0.1) is 0 Å². The molecule has 0 spiro atoms. The first-order chi connectivity index (χ1) is 17.1. The minimum atomic E-state index is 0.0236. The van der Waals surface area contributed by atoms with Crippen LogP contribution in [0.4, 0.5) is 0 Å². The molecule has 35 heavy (non-hydrogen) atoms. The molecule has 2 aromatic rings. The third kappa shape index (κ3) is 7.43. The molecule has 188 valence electrons. The highest BCUT2D eigenvalue weighted by atomic mass is 16.5. The van der Waals surface area contributed by atoms with Crippen molar-refractivity contribution in [3.05, 3.63) is 54.1 Å². The molecule has 2 aliphatic rings. The van der Waals surface area contributed by atoms with Crippen LogP contribution in [0.1, 0.15) is 38.2 Å². The van der Waals surface area contributed by atoms with Crippen molar-refractivity contribution in [3.63, 3.8) is 0 Å². The molecule has 4 rings (SSSR count). The molecule has 0 radical (unpaired) electrons. The molecule has 0 bridgehead atoms. The van der Waals surface area contributed by atoms with Crippen LogP contribution in [-0.4, -0.2) is 57.7 Å². The highest BCUT2D eigenvalue weighted by molar-refractivity contribution is 5.81. The predicted octanol–water partition coefficient (Wildman–Crippen LogP) is 3.66. The molecule has 0 fully saturated rings. The van der Waals surface area contributed by atoms with E-state index in [1.54, 1.807) is 7.11 Å². The van der Waals surface area contributed by atoms with Crippen LogP contribution in [-0.2, 0) is 9.47 Å². The summed E-state index contributed by atoms with van der Waals surface area (Å²) in [6.45, 7) is 6.47. The van der Waals surface area contributed by atoms with Gasteiger partial charge >= 0.3 is 12.0 Å². The van der Waals surface area contributed by atoms with E-state index in [0.29, 0.717) is 44.4 Å². The van der Waals surface area contributed by atoms with Gasteiger partial charge in [0.2, 0.25) is 0 Å². The van der Waals surface area contributed by atoms with E-state index in [1.165, 1.54) is 5.56 Å². The summed E-state index contributed by atoms with van der Waals surface area (Å²) in [6, 6.07) is 16.7. The van der Waals surface area contributed by atoms with Gasteiger partial charge < -0.3 is 23.7 Å². The number of hydrogen-bond donors (Lipinski definition) is 2. The lowest BCUT2D eigenvalue weighted by atomic mass is 10.0. The zero-order chi connectivity index (χ0) is 24.5. The molecule has 9 heteroatoms. The quantitative estimate of drug-likeness (QED) is 0.499. The molecular weight excluding hydrogens is 448 g/mol. The van der Waals surface area contributed by atoms with Gasteiger partial charge in [-0.2, -0.15) is 0 Å². The summed E-state index contributed by atoms with van der Waals surface area (Å²) in [6.07, 6.45) is 1.51. The fraction of sp³-hybridized carbons (Fsp3) is 0.462. The van der Waals surface area contributed by atoms with Gasteiger partial charge in [0, 0.05) is 18.9 Å². The average Bonchev–Trinajstić information content (AvgIpc) is 3.52. The van der Waals surface area contributed by atoms with Gasteiger partial charge in [-0.25, -0.2) is 20.8 Å². The van der Waals surface area contributed by atoms with Crippen LogP contribution in [0.15, 0.2) is 58.5 Å². The Bertz CT molecular complexity index is 1030. The summed E-state index contributed by atoms with van der Waals surface area (Å²) in [5.74, 6) is 2.90. The summed E-state index contributed by atoms with van der Waals surface area (Å²) in [7, 11) is 1.64. The number of ether oxygens (including phenoxy) is 5. The normalized spacial score (nSPS) is 18.9. The van der Waals surface area contributed by atoms with Crippen LogP contribution in [0.25, 0.3) is 0 Å². The second-order valence-electron chi connectivity index (χ2n) is 8.73. The van der Waals surface area contributed by atoms with Gasteiger partial charge in [0.15, 0.2) is 0 Å². The minimum absolute atomic E-state index is 0.0236. The van der Waals surface area contributed by atoms with Crippen LogP contribution in [0.2, 0.25) is 0 Å². The van der Waals surface area contributed by atoms with Crippen molar-refractivity contribution >= 4 is 12.0 Å².